The van der Waals surface area contributed by atoms with Crippen LogP contribution in [0.3, 0.4) is 0 Å². The summed E-state index contributed by atoms with van der Waals surface area (Å²) in [7, 11) is 3.26. The lowest BCUT2D eigenvalue weighted by molar-refractivity contribution is -0.144. The van der Waals surface area contributed by atoms with Crippen molar-refractivity contribution < 1.29 is 23.1 Å². The Morgan fingerprint density at radius 2 is 1.86 bits per heavy atom. The molecule has 5 N–H and O–H groups in total. The van der Waals surface area contributed by atoms with E-state index in [0.717, 1.165) is 12.1 Å². The van der Waals surface area contributed by atoms with E-state index in [1.54, 1.807) is 24.1 Å². The summed E-state index contributed by atoms with van der Waals surface area (Å²) in [5, 5.41) is 9.14. The molecule has 1 aromatic heterocycles. The van der Waals surface area contributed by atoms with Crippen LogP contribution in [0.1, 0.15) is 40.5 Å². The maximum Gasteiger partial charge on any atom is 0.247 e. The molecule has 42 heavy (non-hydrogen) atoms. The van der Waals surface area contributed by atoms with Gasteiger partial charge in [0, 0.05) is 30.1 Å². The van der Waals surface area contributed by atoms with Crippen LogP contribution < -0.4 is 26.4 Å². The lowest BCUT2D eigenvalue weighted by Gasteiger charge is -2.40. The number of nitrogens with one attached hydrogen (secondary N) is 3. The fourth-order valence-corrected chi connectivity index (χ4v) is 5.48. The largest absolute Gasteiger partial charge is 0.494 e. The number of benzene rings is 2. The highest BCUT2D eigenvalue weighted by Crippen LogP contribution is 2.36. The number of amides is 2. The molecule has 4 atom stereocenters. The van der Waals surface area contributed by atoms with E-state index in [4.69, 9.17) is 10.5 Å². The number of ether oxygens (including phenoxy) is 1. The molecule has 10 nitrogen and oxygen atoms in total. The summed E-state index contributed by atoms with van der Waals surface area (Å²) >= 11 is 0. The van der Waals surface area contributed by atoms with Crippen molar-refractivity contribution in [2.75, 3.05) is 31.3 Å². The average molecular weight is 584 g/mol. The Hall–Kier alpha value is -3.90. The number of likely N-dealkylation sites (tertiary alicyclic amines) is 1. The number of carbonyl (C=O) groups is 2. The minimum absolute atomic E-state index is 0.113. The molecule has 3 aromatic rings. The van der Waals surface area contributed by atoms with Crippen molar-refractivity contribution in [1.29, 1.82) is 0 Å². The molecule has 1 aliphatic rings. The first-order valence-corrected chi connectivity index (χ1v) is 13.9. The van der Waals surface area contributed by atoms with Crippen molar-refractivity contribution in [3.05, 3.63) is 48.3 Å². The van der Waals surface area contributed by atoms with Crippen LogP contribution in [-0.4, -0.2) is 65.5 Å². The summed E-state index contributed by atoms with van der Waals surface area (Å²) in [6, 6.07) is 5.43. The van der Waals surface area contributed by atoms with Crippen LogP contribution >= 0.6 is 0 Å². The van der Waals surface area contributed by atoms with Gasteiger partial charge in [-0.3, -0.25) is 9.59 Å². The Bertz CT molecular complexity index is 1440. The number of carbonyl (C=O) groups excluding carboxylic acids is 2. The Balaban J connectivity index is 1.64. The molecule has 1 aliphatic heterocycles. The van der Waals surface area contributed by atoms with E-state index in [9.17, 15) is 18.4 Å². The van der Waals surface area contributed by atoms with Crippen LogP contribution in [0.15, 0.2) is 36.7 Å². The monoisotopic (exact) mass is 583 g/mol. The molecular weight excluding hydrogens is 544 g/mol. The molecule has 2 aromatic carbocycles. The van der Waals surface area contributed by atoms with Crippen LogP contribution in [-0.2, 0) is 9.59 Å². The third-order valence-electron chi connectivity index (χ3n) is 7.88. The second-order valence-electron chi connectivity index (χ2n) is 11.7. The lowest BCUT2D eigenvalue weighted by Crippen LogP contribution is -2.57. The number of hydrogen-bond donors (Lipinski definition) is 4. The fourth-order valence-electron chi connectivity index (χ4n) is 5.48. The molecule has 0 spiro atoms. The Kier molecular flexibility index (Phi) is 9.27. The second kappa shape index (κ2) is 12.5. The number of methoxy groups -OCH3 is 1. The molecular formula is C30H39F2N7O3. The summed E-state index contributed by atoms with van der Waals surface area (Å²) in [6.45, 7) is 8.30. The summed E-state index contributed by atoms with van der Waals surface area (Å²) in [6.07, 6.45) is 2.42. The van der Waals surface area contributed by atoms with Gasteiger partial charge >= 0.3 is 0 Å². The standard InChI is InChI=1S/C30H39F2N7O3/c1-16(34-5)25(33)24(30(2,3)4)29(41)39-12-8-11-22(39)28(40)37-21-13-17-20(14-23(21)42-6)35-15-36-27(17)38-26-18(31)9-7-10-19(26)32/h7,9-10,13-16,22,24-25,34H,8,11-12,33H2,1-6H3,(H,37,40)(H,35,36,38)/t16-,22-,24-,25?/m0/s1. The van der Waals surface area contributed by atoms with E-state index in [2.05, 4.69) is 25.9 Å². The molecule has 0 bridgehead atoms. The maximum atomic E-state index is 14.4. The second-order valence-corrected chi connectivity index (χ2v) is 11.7. The molecule has 1 saturated heterocycles. The predicted molar refractivity (Wildman–Crippen MR) is 159 cm³/mol. The zero-order chi connectivity index (χ0) is 30.8. The van der Waals surface area contributed by atoms with Gasteiger partial charge in [-0.25, -0.2) is 18.7 Å². The number of fused-ring (bicyclic) bond motifs is 1. The molecule has 2 heterocycles. The quantitative estimate of drug-likeness (QED) is 0.295. The minimum atomic E-state index is -0.785. The third-order valence-corrected chi connectivity index (χ3v) is 7.88. The number of nitrogens with zero attached hydrogens (tertiary/aromatic N) is 3. The highest BCUT2D eigenvalue weighted by molar-refractivity contribution is 6.02. The summed E-state index contributed by atoms with van der Waals surface area (Å²) in [5.41, 5.74) is 6.49. The highest BCUT2D eigenvalue weighted by Gasteiger charge is 2.44. The molecule has 0 saturated carbocycles. The van der Waals surface area contributed by atoms with Gasteiger partial charge in [0.15, 0.2) is 0 Å². The Morgan fingerprint density at radius 3 is 2.48 bits per heavy atom. The average Bonchev–Trinajstić information content (AvgIpc) is 3.44. The molecule has 1 unspecified atom stereocenters. The molecule has 0 radical (unpaired) electrons. The van der Waals surface area contributed by atoms with Gasteiger partial charge < -0.3 is 31.3 Å². The van der Waals surface area contributed by atoms with Gasteiger partial charge in [0.2, 0.25) is 11.8 Å². The van der Waals surface area contributed by atoms with Crippen molar-refractivity contribution in [1.82, 2.24) is 20.2 Å². The lowest BCUT2D eigenvalue weighted by atomic mass is 9.73. The van der Waals surface area contributed by atoms with E-state index in [1.807, 2.05) is 27.7 Å². The summed E-state index contributed by atoms with van der Waals surface area (Å²) in [5.74, 6) is -2.17. The number of rotatable bonds is 9. The number of para-hydroxylation sites is 1. The number of anilines is 3. The smallest absolute Gasteiger partial charge is 0.247 e. The van der Waals surface area contributed by atoms with Crippen molar-refractivity contribution in [2.45, 2.75) is 58.7 Å². The Morgan fingerprint density at radius 1 is 1.17 bits per heavy atom. The number of halogens is 2. The van der Waals surface area contributed by atoms with Gasteiger partial charge in [0.1, 0.15) is 41.3 Å². The number of aromatic nitrogens is 2. The van der Waals surface area contributed by atoms with Crippen LogP contribution in [0.2, 0.25) is 0 Å². The molecule has 2 amide bonds. The molecule has 12 heteroatoms. The van der Waals surface area contributed by atoms with Gasteiger partial charge in [0.05, 0.1) is 24.2 Å². The first kappa shape index (κ1) is 31.0. The summed E-state index contributed by atoms with van der Waals surface area (Å²) in [4.78, 5) is 37.6. The fraction of sp³-hybridized carbons (Fsp3) is 0.467. The van der Waals surface area contributed by atoms with Gasteiger partial charge in [-0.15, -0.1) is 0 Å². The number of hydrogen-bond acceptors (Lipinski definition) is 8. The Labute approximate surface area is 244 Å². The molecule has 4 rings (SSSR count). The van der Waals surface area contributed by atoms with Crippen LogP contribution in [0.25, 0.3) is 10.9 Å². The van der Waals surface area contributed by atoms with E-state index >= 15 is 0 Å². The predicted octanol–water partition coefficient (Wildman–Crippen LogP) is 4.19. The first-order valence-electron chi connectivity index (χ1n) is 13.9. The van der Waals surface area contributed by atoms with Crippen LogP contribution in [0.5, 0.6) is 5.75 Å². The van der Waals surface area contributed by atoms with Gasteiger partial charge in [-0.05, 0) is 50.4 Å². The van der Waals surface area contributed by atoms with Crippen molar-refractivity contribution in [2.24, 2.45) is 17.1 Å². The zero-order valence-electron chi connectivity index (χ0n) is 24.8. The molecule has 1 fully saturated rings. The van der Waals surface area contributed by atoms with Crippen molar-refractivity contribution in [3.63, 3.8) is 0 Å². The van der Waals surface area contributed by atoms with Crippen molar-refractivity contribution >= 4 is 39.9 Å². The maximum absolute atomic E-state index is 14.4. The SMILES string of the molecule is CN[C@@H](C)C(N)[C@@H](C(=O)N1CCC[C@H]1C(=O)Nc1cc2c(Nc3c(F)cccc3F)ncnc2cc1OC)C(C)(C)C. The minimum Gasteiger partial charge on any atom is -0.494 e. The van der Waals surface area contributed by atoms with Crippen LogP contribution in [0, 0.1) is 23.0 Å². The number of likely N-dealkylation sites (N-methyl/N-ethyl adjacent to an activating group) is 1. The van der Waals surface area contributed by atoms with Crippen molar-refractivity contribution in [3.8, 4) is 5.75 Å². The van der Waals surface area contributed by atoms with Gasteiger partial charge in [-0.1, -0.05) is 26.8 Å². The molecule has 226 valence electrons. The first-order chi connectivity index (χ1) is 19.9. The normalized spacial score (nSPS) is 17.5. The zero-order valence-corrected chi connectivity index (χ0v) is 24.8. The van der Waals surface area contributed by atoms with Gasteiger partial charge in [-0.2, -0.15) is 0 Å². The van der Waals surface area contributed by atoms with E-state index in [0.29, 0.717) is 41.7 Å². The van der Waals surface area contributed by atoms with E-state index in [-0.39, 0.29) is 29.4 Å². The van der Waals surface area contributed by atoms with E-state index < -0.39 is 35.1 Å². The van der Waals surface area contributed by atoms with Gasteiger partial charge in [0.25, 0.3) is 0 Å². The van der Waals surface area contributed by atoms with Crippen LogP contribution in [0.4, 0.5) is 26.0 Å². The number of nitrogens with two attached hydrogens (primary N) is 1. The molecule has 0 aliphatic carbocycles. The summed E-state index contributed by atoms with van der Waals surface area (Å²) < 4.78 is 34.2. The third kappa shape index (κ3) is 6.29. The highest BCUT2D eigenvalue weighted by atomic mass is 19.1. The topological polar surface area (TPSA) is 134 Å². The van der Waals surface area contributed by atoms with E-state index in [1.165, 1.54) is 19.5 Å².